The van der Waals surface area contributed by atoms with Crippen LogP contribution in [0.1, 0.15) is 49.7 Å². The molecular weight excluding hydrogens is 335 g/mol. The van der Waals surface area contributed by atoms with Gasteiger partial charge in [0.25, 0.3) is 11.8 Å². The molecule has 0 saturated heterocycles. The number of benzene rings is 2. The van der Waals surface area contributed by atoms with Gasteiger partial charge in [0.15, 0.2) is 6.29 Å². The Morgan fingerprint density at radius 3 is 2.31 bits per heavy atom. The zero-order valence-electron chi connectivity index (χ0n) is 13.8. The number of halogens is 1. The first-order valence-electron chi connectivity index (χ1n) is 8.03. The molecule has 2 aromatic carbocycles. The zero-order valence-corrected chi connectivity index (χ0v) is 13.8. The third kappa shape index (κ3) is 2.30. The van der Waals surface area contributed by atoms with E-state index >= 15 is 0 Å². The Kier molecular flexibility index (Phi) is 3.61. The van der Waals surface area contributed by atoms with Gasteiger partial charge in [0.1, 0.15) is 11.5 Å². The number of carbonyl (C=O) groups excluding carboxylic acids is 3. The Bertz CT molecular complexity index is 1060. The van der Waals surface area contributed by atoms with Crippen molar-refractivity contribution < 1.29 is 18.8 Å². The zero-order chi connectivity index (χ0) is 18.4. The minimum atomic E-state index is -0.690. The van der Waals surface area contributed by atoms with Crippen LogP contribution in [0.3, 0.4) is 0 Å². The average Bonchev–Trinajstić information content (AvgIpc) is 2.91. The minimum absolute atomic E-state index is 0.0761. The predicted octanol–water partition coefficient (Wildman–Crippen LogP) is 3.54. The molecule has 1 aliphatic rings. The lowest BCUT2D eigenvalue weighted by Crippen LogP contribution is -2.33. The second-order valence-electron chi connectivity index (χ2n) is 6.12. The van der Waals surface area contributed by atoms with Crippen molar-refractivity contribution in [2.75, 3.05) is 0 Å². The summed E-state index contributed by atoms with van der Waals surface area (Å²) in [6, 6.07) is 11.6. The van der Waals surface area contributed by atoms with E-state index in [1.54, 1.807) is 43.3 Å². The van der Waals surface area contributed by atoms with E-state index in [9.17, 15) is 18.8 Å². The SMILES string of the molecule is C[C@@H](c1cc2ccc(F)cc2nc1C=O)N1C(=O)c2ccccc2C1=O. The average molecular weight is 348 g/mol. The van der Waals surface area contributed by atoms with E-state index < -0.39 is 23.7 Å². The summed E-state index contributed by atoms with van der Waals surface area (Å²) in [4.78, 5) is 42.2. The number of amides is 2. The largest absolute Gasteiger partial charge is 0.296 e. The second kappa shape index (κ2) is 5.84. The summed E-state index contributed by atoms with van der Waals surface area (Å²) in [5, 5.41) is 0.621. The predicted molar refractivity (Wildman–Crippen MR) is 92.4 cm³/mol. The van der Waals surface area contributed by atoms with E-state index in [4.69, 9.17) is 0 Å². The molecule has 26 heavy (non-hydrogen) atoms. The van der Waals surface area contributed by atoms with Gasteiger partial charge in [0.05, 0.1) is 22.7 Å². The topological polar surface area (TPSA) is 67.3 Å². The Morgan fingerprint density at radius 2 is 1.69 bits per heavy atom. The van der Waals surface area contributed by atoms with Gasteiger partial charge in [-0.05, 0) is 37.3 Å². The summed E-state index contributed by atoms with van der Waals surface area (Å²) in [6.07, 6.45) is 0.550. The smallest absolute Gasteiger partial charge is 0.262 e. The molecule has 3 aromatic rings. The molecule has 0 radical (unpaired) electrons. The van der Waals surface area contributed by atoms with Crippen molar-refractivity contribution >= 4 is 29.0 Å². The molecule has 1 aromatic heterocycles. The monoisotopic (exact) mass is 348 g/mol. The molecule has 128 valence electrons. The number of nitrogens with zero attached hydrogens (tertiary/aromatic N) is 2. The number of pyridine rings is 1. The van der Waals surface area contributed by atoms with Crippen molar-refractivity contribution in [3.05, 3.63) is 76.7 Å². The molecular formula is C20H13FN2O3. The number of rotatable bonds is 3. The second-order valence-corrected chi connectivity index (χ2v) is 6.12. The third-order valence-corrected chi connectivity index (χ3v) is 4.61. The first-order valence-corrected chi connectivity index (χ1v) is 8.03. The molecule has 2 heterocycles. The van der Waals surface area contributed by atoms with E-state index in [0.717, 1.165) is 4.90 Å². The van der Waals surface area contributed by atoms with Gasteiger partial charge < -0.3 is 0 Å². The number of aromatic nitrogens is 1. The Morgan fingerprint density at radius 1 is 1.04 bits per heavy atom. The number of carbonyl (C=O) groups is 3. The summed E-state index contributed by atoms with van der Waals surface area (Å²) >= 11 is 0. The van der Waals surface area contributed by atoms with Crippen LogP contribution in [0.5, 0.6) is 0 Å². The lowest BCUT2D eigenvalue weighted by atomic mass is 10.0. The highest BCUT2D eigenvalue weighted by Gasteiger charge is 2.39. The number of aldehydes is 1. The van der Waals surface area contributed by atoms with Crippen LogP contribution >= 0.6 is 0 Å². The van der Waals surface area contributed by atoms with Crippen LogP contribution in [-0.2, 0) is 0 Å². The Labute approximate surface area is 148 Å². The highest BCUT2D eigenvalue weighted by molar-refractivity contribution is 6.21. The van der Waals surface area contributed by atoms with Crippen molar-refractivity contribution in [2.24, 2.45) is 0 Å². The van der Waals surface area contributed by atoms with Gasteiger partial charge in [0, 0.05) is 17.0 Å². The van der Waals surface area contributed by atoms with Gasteiger partial charge in [-0.25, -0.2) is 9.37 Å². The maximum atomic E-state index is 13.4. The molecule has 6 heteroatoms. The van der Waals surface area contributed by atoms with Crippen LogP contribution in [0.2, 0.25) is 0 Å². The normalized spacial score (nSPS) is 14.6. The lowest BCUT2D eigenvalue weighted by molar-refractivity contribution is 0.0593. The number of hydrogen-bond acceptors (Lipinski definition) is 4. The molecule has 0 spiro atoms. The standard InChI is InChI=1S/C20H13FN2O3/c1-11(23-19(25)14-4-2-3-5-15(14)20(23)26)16-8-12-6-7-13(21)9-17(12)22-18(16)10-24/h2-11H,1H3/t11-/m0/s1. The van der Waals surface area contributed by atoms with Crippen LogP contribution in [0, 0.1) is 5.82 Å². The molecule has 0 aliphatic carbocycles. The van der Waals surface area contributed by atoms with Gasteiger partial charge in [-0.3, -0.25) is 19.3 Å². The number of hydrogen-bond donors (Lipinski definition) is 0. The van der Waals surface area contributed by atoms with Crippen LogP contribution in [0.25, 0.3) is 10.9 Å². The third-order valence-electron chi connectivity index (χ3n) is 4.61. The van der Waals surface area contributed by atoms with E-state index in [-0.39, 0.29) is 5.69 Å². The summed E-state index contributed by atoms with van der Waals surface area (Å²) < 4.78 is 13.4. The van der Waals surface area contributed by atoms with Gasteiger partial charge in [-0.2, -0.15) is 0 Å². The molecule has 0 fully saturated rings. The van der Waals surface area contributed by atoms with Crippen LogP contribution < -0.4 is 0 Å². The number of fused-ring (bicyclic) bond motifs is 2. The first-order chi connectivity index (χ1) is 12.5. The lowest BCUT2D eigenvalue weighted by Gasteiger charge is -2.24. The van der Waals surface area contributed by atoms with Gasteiger partial charge in [-0.15, -0.1) is 0 Å². The van der Waals surface area contributed by atoms with Gasteiger partial charge >= 0.3 is 0 Å². The van der Waals surface area contributed by atoms with E-state index in [1.165, 1.54) is 12.1 Å². The maximum absolute atomic E-state index is 13.4. The number of imide groups is 1. The summed E-state index contributed by atoms with van der Waals surface area (Å²) in [7, 11) is 0. The molecule has 1 aliphatic heterocycles. The van der Waals surface area contributed by atoms with Crippen molar-refractivity contribution in [1.82, 2.24) is 9.88 Å². The van der Waals surface area contributed by atoms with Gasteiger partial charge in [-0.1, -0.05) is 12.1 Å². The molecule has 0 unspecified atom stereocenters. The fraction of sp³-hybridized carbons (Fsp3) is 0.100. The minimum Gasteiger partial charge on any atom is -0.296 e. The molecule has 1 atom stereocenters. The van der Waals surface area contributed by atoms with E-state index in [0.29, 0.717) is 33.9 Å². The highest BCUT2D eigenvalue weighted by atomic mass is 19.1. The van der Waals surface area contributed by atoms with Gasteiger partial charge in [0.2, 0.25) is 0 Å². The Balaban J connectivity index is 1.83. The quantitative estimate of drug-likeness (QED) is 0.536. The molecule has 4 rings (SSSR count). The van der Waals surface area contributed by atoms with Crippen LogP contribution in [0.15, 0.2) is 48.5 Å². The molecule has 2 amide bonds. The molecule has 5 nitrogen and oxygen atoms in total. The van der Waals surface area contributed by atoms with E-state index in [1.807, 2.05) is 0 Å². The Hall–Kier alpha value is -3.41. The van der Waals surface area contributed by atoms with Crippen LogP contribution in [-0.4, -0.2) is 28.0 Å². The summed E-state index contributed by atoms with van der Waals surface area (Å²) in [5.41, 5.74) is 1.53. The van der Waals surface area contributed by atoms with Crippen molar-refractivity contribution in [3.8, 4) is 0 Å². The highest BCUT2D eigenvalue weighted by Crippen LogP contribution is 2.33. The maximum Gasteiger partial charge on any atom is 0.262 e. The van der Waals surface area contributed by atoms with Crippen molar-refractivity contribution in [2.45, 2.75) is 13.0 Å². The molecule has 0 bridgehead atoms. The van der Waals surface area contributed by atoms with Crippen molar-refractivity contribution in [3.63, 3.8) is 0 Å². The van der Waals surface area contributed by atoms with Crippen molar-refractivity contribution in [1.29, 1.82) is 0 Å². The molecule has 0 saturated carbocycles. The fourth-order valence-corrected chi connectivity index (χ4v) is 3.30. The fourth-order valence-electron chi connectivity index (χ4n) is 3.30. The van der Waals surface area contributed by atoms with Crippen LogP contribution in [0.4, 0.5) is 4.39 Å². The first kappa shape index (κ1) is 16.1. The molecule has 0 N–H and O–H groups in total. The summed E-state index contributed by atoms with van der Waals surface area (Å²) in [5.74, 6) is -1.27. The summed E-state index contributed by atoms with van der Waals surface area (Å²) in [6.45, 7) is 1.67. The van der Waals surface area contributed by atoms with E-state index in [2.05, 4.69) is 4.98 Å².